The maximum atomic E-state index is 4.16. The Morgan fingerprint density at radius 2 is 2.50 bits per heavy atom. The highest BCUT2D eigenvalue weighted by atomic mass is 14.7. The average Bonchev–Trinajstić information content (AvgIpc) is 2.05. The Kier molecular flexibility index (Phi) is 1.28. The second-order valence-corrected chi connectivity index (χ2v) is 2.39. The van der Waals surface area contributed by atoms with E-state index in [0.29, 0.717) is 0 Å². The van der Waals surface area contributed by atoms with Crippen LogP contribution >= 0.6 is 0 Å². The Balaban J connectivity index is 2.54. The number of benzene rings is 1. The molecular formula is C9H8N. The van der Waals surface area contributed by atoms with E-state index in [1.54, 1.807) is 0 Å². The van der Waals surface area contributed by atoms with Gasteiger partial charge in [0.1, 0.15) is 0 Å². The molecule has 0 bridgehead atoms. The summed E-state index contributed by atoms with van der Waals surface area (Å²) in [5, 5.41) is 0. The molecule has 1 heteroatoms. The van der Waals surface area contributed by atoms with Gasteiger partial charge in [0.25, 0.3) is 0 Å². The summed E-state index contributed by atoms with van der Waals surface area (Å²) in [6.07, 6.45) is 2.97. The Morgan fingerprint density at radius 3 is 3.40 bits per heavy atom. The molecule has 1 heterocycles. The molecule has 0 N–H and O–H groups in total. The van der Waals surface area contributed by atoms with Gasteiger partial charge < -0.3 is 0 Å². The molecule has 1 aromatic carbocycles. The predicted octanol–water partition coefficient (Wildman–Crippen LogP) is 1.46. The van der Waals surface area contributed by atoms with Gasteiger partial charge in [0, 0.05) is 18.3 Å². The summed E-state index contributed by atoms with van der Waals surface area (Å²) in [7, 11) is 0. The van der Waals surface area contributed by atoms with E-state index >= 15 is 0 Å². The van der Waals surface area contributed by atoms with Gasteiger partial charge in [-0.1, -0.05) is 18.2 Å². The Morgan fingerprint density at radius 1 is 1.50 bits per heavy atom. The van der Waals surface area contributed by atoms with E-state index in [9.17, 15) is 0 Å². The number of fused-ring (bicyclic) bond motifs is 1. The second-order valence-electron chi connectivity index (χ2n) is 2.39. The molecule has 10 heavy (non-hydrogen) atoms. The fraction of sp³-hybridized carbons (Fsp3) is 0.222. The minimum Gasteiger partial charge on any atom is -0.292 e. The highest BCUT2D eigenvalue weighted by Gasteiger charge is 2.01. The molecule has 1 aliphatic rings. The highest BCUT2D eigenvalue weighted by molar-refractivity contribution is 5.82. The first kappa shape index (κ1) is 5.66. The molecule has 2 rings (SSSR count). The van der Waals surface area contributed by atoms with Crippen molar-refractivity contribution in [3.63, 3.8) is 0 Å². The van der Waals surface area contributed by atoms with Crippen molar-refractivity contribution in [2.24, 2.45) is 4.99 Å². The van der Waals surface area contributed by atoms with Crippen molar-refractivity contribution < 1.29 is 0 Å². The summed E-state index contributed by atoms with van der Waals surface area (Å²) >= 11 is 0. The van der Waals surface area contributed by atoms with Gasteiger partial charge in [-0.25, -0.2) is 0 Å². The molecule has 0 unspecified atom stereocenters. The van der Waals surface area contributed by atoms with E-state index in [-0.39, 0.29) is 0 Å². The molecule has 0 aliphatic carbocycles. The van der Waals surface area contributed by atoms with Crippen LogP contribution in [0.5, 0.6) is 0 Å². The smallest absolute Gasteiger partial charge is 0.0430 e. The maximum Gasteiger partial charge on any atom is 0.0430 e. The van der Waals surface area contributed by atoms with Gasteiger partial charge in [0.05, 0.1) is 0 Å². The zero-order chi connectivity index (χ0) is 6.81. The summed E-state index contributed by atoms with van der Waals surface area (Å²) in [5.74, 6) is 0. The van der Waals surface area contributed by atoms with Crippen LogP contribution in [0.3, 0.4) is 0 Å². The van der Waals surface area contributed by atoms with E-state index in [4.69, 9.17) is 0 Å². The molecule has 0 aromatic heterocycles. The third kappa shape index (κ3) is 0.838. The number of rotatable bonds is 0. The van der Waals surface area contributed by atoms with Gasteiger partial charge in [-0.05, 0) is 18.1 Å². The van der Waals surface area contributed by atoms with Crippen molar-refractivity contribution in [1.82, 2.24) is 0 Å². The molecule has 1 aromatic rings. The minimum atomic E-state index is 0.935. The zero-order valence-corrected chi connectivity index (χ0v) is 5.67. The minimum absolute atomic E-state index is 0.935. The Bertz CT molecular complexity index is 263. The SMILES string of the molecule is [c]1cccc2c1C=NCC2. The van der Waals surface area contributed by atoms with Crippen LogP contribution in [0.1, 0.15) is 11.1 Å². The van der Waals surface area contributed by atoms with Gasteiger partial charge in [-0.15, -0.1) is 0 Å². The van der Waals surface area contributed by atoms with Gasteiger partial charge >= 0.3 is 0 Å². The molecule has 0 atom stereocenters. The number of hydrogen-bond acceptors (Lipinski definition) is 1. The fourth-order valence-corrected chi connectivity index (χ4v) is 1.16. The fourth-order valence-electron chi connectivity index (χ4n) is 1.16. The number of aliphatic imine (C=N–C) groups is 1. The van der Waals surface area contributed by atoms with E-state index in [1.807, 2.05) is 18.3 Å². The second kappa shape index (κ2) is 2.25. The van der Waals surface area contributed by atoms with Crippen LogP contribution in [0.15, 0.2) is 23.2 Å². The van der Waals surface area contributed by atoms with Crippen molar-refractivity contribution in [3.8, 4) is 0 Å². The standard InChI is InChI=1S/C9H8N/c1-2-4-9-7-10-6-5-8(9)3-1/h1-3,7H,5-6H2. The highest BCUT2D eigenvalue weighted by Crippen LogP contribution is 2.09. The van der Waals surface area contributed by atoms with Crippen LogP contribution in [-0.2, 0) is 6.42 Å². The lowest BCUT2D eigenvalue weighted by atomic mass is 10.0. The first-order chi connectivity index (χ1) is 4.97. The van der Waals surface area contributed by atoms with Crippen molar-refractivity contribution in [2.45, 2.75) is 6.42 Å². The van der Waals surface area contributed by atoms with Crippen molar-refractivity contribution in [1.29, 1.82) is 0 Å². The van der Waals surface area contributed by atoms with Crippen LogP contribution in [0, 0.1) is 6.07 Å². The third-order valence-corrected chi connectivity index (χ3v) is 1.71. The number of nitrogens with zero attached hydrogens (tertiary/aromatic N) is 1. The maximum absolute atomic E-state index is 4.16. The molecule has 1 nitrogen and oxygen atoms in total. The monoisotopic (exact) mass is 130 g/mol. The lowest BCUT2D eigenvalue weighted by molar-refractivity contribution is 0.952. The molecule has 0 spiro atoms. The van der Waals surface area contributed by atoms with Crippen LogP contribution in [0.4, 0.5) is 0 Å². The Labute approximate surface area is 60.4 Å². The van der Waals surface area contributed by atoms with Gasteiger partial charge in [-0.2, -0.15) is 0 Å². The molecule has 1 aliphatic heterocycles. The Hall–Kier alpha value is -1.11. The van der Waals surface area contributed by atoms with Crippen LogP contribution in [-0.4, -0.2) is 12.8 Å². The summed E-state index contributed by atoms with van der Waals surface area (Å²) in [6.45, 7) is 0.935. The van der Waals surface area contributed by atoms with Crippen LogP contribution in [0.2, 0.25) is 0 Å². The van der Waals surface area contributed by atoms with Crippen molar-refractivity contribution in [3.05, 3.63) is 35.4 Å². The van der Waals surface area contributed by atoms with Gasteiger partial charge in [0.15, 0.2) is 0 Å². The molecule has 0 fully saturated rings. The van der Waals surface area contributed by atoms with E-state index in [0.717, 1.165) is 18.5 Å². The first-order valence-electron chi connectivity index (χ1n) is 3.46. The molecule has 0 saturated heterocycles. The normalized spacial score (nSPS) is 14.8. The van der Waals surface area contributed by atoms with Crippen LogP contribution < -0.4 is 0 Å². The topological polar surface area (TPSA) is 12.4 Å². The summed E-state index contributed by atoms with van der Waals surface area (Å²) < 4.78 is 0. The summed E-state index contributed by atoms with van der Waals surface area (Å²) in [5.41, 5.74) is 2.53. The summed E-state index contributed by atoms with van der Waals surface area (Å²) in [4.78, 5) is 4.16. The first-order valence-corrected chi connectivity index (χ1v) is 3.46. The predicted molar refractivity (Wildman–Crippen MR) is 41.4 cm³/mol. The molecule has 0 saturated carbocycles. The van der Waals surface area contributed by atoms with Crippen molar-refractivity contribution in [2.75, 3.05) is 6.54 Å². The van der Waals surface area contributed by atoms with Crippen LogP contribution in [0.25, 0.3) is 0 Å². The largest absolute Gasteiger partial charge is 0.292 e. The molecule has 0 amide bonds. The van der Waals surface area contributed by atoms with E-state index in [1.165, 1.54) is 5.56 Å². The van der Waals surface area contributed by atoms with Crippen molar-refractivity contribution >= 4 is 6.21 Å². The molecular weight excluding hydrogens is 122 g/mol. The zero-order valence-electron chi connectivity index (χ0n) is 5.67. The number of hydrogen-bond donors (Lipinski definition) is 0. The average molecular weight is 130 g/mol. The lowest BCUT2D eigenvalue weighted by Gasteiger charge is -2.06. The summed E-state index contributed by atoms with van der Waals surface area (Å²) in [6, 6.07) is 9.23. The van der Waals surface area contributed by atoms with Gasteiger partial charge in [0.2, 0.25) is 0 Å². The van der Waals surface area contributed by atoms with Gasteiger partial charge in [-0.3, -0.25) is 4.99 Å². The third-order valence-electron chi connectivity index (χ3n) is 1.71. The van der Waals surface area contributed by atoms with E-state index < -0.39 is 0 Å². The molecule has 49 valence electrons. The lowest BCUT2D eigenvalue weighted by Crippen LogP contribution is -2.01. The molecule has 1 radical (unpaired) electrons. The van der Waals surface area contributed by atoms with E-state index in [2.05, 4.69) is 17.1 Å². The quantitative estimate of drug-likeness (QED) is 0.504.